The summed E-state index contributed by atoms with van der Waals surface area (Å²) in [7, 11) is 1.99. The molecule has 0 spiro atoms. The molecule has 0 aliphatic heterocycles. The Morgan fingerprint density at radius 1 is 1.30 bits per heavy atom. The summed E-state index contributed by atoms with van der Waals surface area (Å²) in [5.41, 5.74) is 0.231. The summed E-state index contributed by atoms with van der Waals surface area (Å²) in [6, 6.07) is 0. The second kappa shape index (κ2) is 4.69. The van der Waals surface area contributed by atoms with Crippen LogP contribution in [0, 0.1) is 0 Å². The van der Waals surface area contributed by atoms with Gasteiger partial charge in [0.05, 0.1) is 0 Å². The smallest absolute Gasteiger partial charge is 0.0246 e. The van der Waals surface area contributed by atoms with E-state index in [1.54, 1.807) is 0 Å². The summed E-state index contributed by atoms with van der Waals surface area (Å²) in [5, 5.41) is 6.60. The molecule has 0 aromatic rings. The van der Waals surface area contributed by atoms with Crippen molar-refractivity contribution < 1.29 is 0 Å². The molecule has 0 aromatic heterocycles. The lowest BCUT2D eigenvalue weighted by molar-refractivity contribution is 0.394. The van der Waals surface area contributed by atoms with Crippen LogP contribution in [0.1, 0.15) is 27.2 Å². The number of hydrogen-bond acceptors (Lipinski definition) is 2. The Morgan fingerprint density at radius 3 is 2.30 bits per heavy atom. The van der Waals surface area contributed by atoms with Crippen LogP contribution in [0.2, 0.25) is 0 Å². The maximum absolute atomic E-state index is 3.36. The molecule has 0 aromatic carbocycles. The van der Waals surface area contributed by atoms with E-state index in [9.17, 15) is 0 Å². The third-order valence-corrected chi connectivity index (χ3v) is 1.67. The van der Waals surface area contributed by atoms with Crippen molar-refractivity contribution in [3.63, 3.8) is 0 Å². The number of rotatable bonds is 5. The average molecular weight is 144 g/mol. The fourth-order valence-corrected chi connectivity index (χ4v) is 0.666. The van der Waals surface area contributed by atoms with Gasteiger partial charge in [0.2, 0.25) is 0 Å². The molecule has 62 valence electrons. The summed E-state index contributed by atoms with van der Waals surface area (Å²) >= 11 is 0. The van der Waals surface area contributed by atoms with Gasteiger partial charge in [0.1, 0.15) is 0 Å². The zero-order chi connectivity index (χ0) is 8.04. The SMILES string of the molecule is CCCNCC(C)(C)NC. The number of nitrogens with one attached hydrogen (secondary N) is 2. The molecule has 0 rings (SSSR count). The summed E-state index contributed by atoms with van der Waals surface area (Å²) in [6.07, 6.45) is 1.21. The van der Waals surface area contributed by atoms with Crippen LogP contribution in [0.4, 0.5) is 0 Å². The Bertz CT molecular complexity index is 79.3. The molecular weight excluding hydrogens is 124 g/mol. The molecule has 0 bridgehead atoms. The Hall–Kier alpha value is -0.0800. The number of likely N-dealkylation sites (N-methyl/N-ethyl adjacent to an activating group) is 1. The standard InChI is InChI=1S/C8H20N2/c1-5-6-10-7-8(2,3)9-4/h9-10H,5-7H2,1-4H3. The van der Waals surface area contributed by atoms with Crippen LogP contribution >= 0.6 is 0 Å². The van der Waals surface area contributed by atoms with Crippen molar-refractivity contribution in [2.45, 2.75) is 32.7 Å². The van der Waals surface area contributed by atoms with E-state index >= 15 is 0 Å². The second-order valence-corrected chi connectivity index (χ2v) is 3.31. The zero-order valence-corrected chi connectivity index (χ0v) is 7.62. The molecule has 0 atom stereocenters. The molecule has 0 aliphatic rings. The van der Waals surface area contributed by atoms with Gasteiger partial charge in [0, 0.05) is 12.1 Å². The Morgan fingerprint density at radius 2 is 1.90 bits per heavy atom. The van der Waals surface area contributed by atoms with E-state index in [1.165, 1.54) is 6.42 Å². The molecule has 0 amide bonds. The van der Waals surface area contributed by atoms with Crippen molar-refractivity contribution in [3.05, 3.63) is 0 Å². The number of hydrogen-bond donors (Lipinski definition) is 2. The lowest BCUT2D eigenvalue weighted by Gasteiger charge is -2.24. The highest BCUT2D eigenvalue weighted by Gasteiger charge is 2.12. The minimum atomic E-state index is 0.231. The Kier molecular flexibility index (Phi) is 4.65. The summed E-state index contributed by atoms with van der Waals surface area (Å²) < 4.78 is 0. The van der Waals surface area contributed by atoms with Crippen molar-refractivity contribution in [2.75, 3.05) is 20.1 Å². The molecule has 2 N–H and O–H groups in total. The maximum Gasteiger partial charge on any atom is 0.0246 e. The fraction of sp³-hybridized carbons (Fsp3) is 1.00. The van der Waals surface area contributed by atoms with Crippen LogP contribution in [-0.2, 0) is 0 Å². The van der Waals surface area contributed by atoms with Crippen LogP contribution in [0.5, 0.6) is 0 Å². The molecule has 0 heterocycles. The van der Waals surface area contributed by atoms with Crippen molar-refractivity contribution in [2.24, 2.45) is 0 Å². The second-order valence-electron chi connectivity index (χ2n) is 3.31. The molecule has 2 nitrogen and oxygen atoms in total. The van der Waals surface area contributed by atoms with Gasteiger partial charge in [-0.3, -0.25) is 0 Å². The summed E-state index contributed by atoms with van der Waals surface area (Å²) in [4.78, 5) is 0. The quantitative estimate of drug-likeness (QED) is 0.562. The molecule has 0 fully saturated rings. The first-order valence-electron chi connectivity index (χ1n) is 4.02. The normalized spacial score (nSPS) is 12.0. The molecule has 2 heteroatoms. The van der Waals surface area contributed by atoms with Gasteiger partial charge in [0.25, 0.3) is 0 Å². The average Bonchev–Trinajstić information content (AvgIpc) is 1.89. The largest absolute Gasteiger partial charge is 0.315 e. The minimum absolute atomic E-state index is 0.231. The fourth-order valence-electron chi connectivity index (χ4n) is 0.666. The van der Waals surface area contributed by atoms with E-state index in [0.29, 0.717) is 0 Å². The van der Waals surface area contributed by atoms with Crippen molar-refractivity contribution >= 4 is 0 Å². The van der Waals surface area contributed by atoms with Crippen LogP contribution < -0.4 is 10.6 Å². The van der Waals surface area contributed by atoms with Crippen LogP contribution in [-0.4, -0.2) is 25.7 Å². The van der Waals surface area contributed by atoms with Crippen LogP contribution in [0.15, 0.2) is 0 Å². The van der Waals surface area contributed by atoms with Gasteiger partial charge in [0.15, 0.2) is 0 Å². The lowest BCUT2D eigenvalue weighted by Crippen LogP contribution is -2.45. The van der Waals surface area contributed by atoms with E-state index in [1.807, 2.05) is 7.05 Å². The molecule has 0 saturated heterocycles. The Labute approximate surface area is 64.4 Å². The predicted octanol–water partition coefficient (Wildman–Crippen LogP) is 0.984. The van der Waals surface area contributed by atoms with Crippen molar-refractivity contribution in [1.82, 2.24) is 10.6 Å². The van der Waals surface area contributed by atoms with Crippen LogP contribution in [0.25, 0.3) is 0 Å². The van der Waals surface area contributed by atoms with Crippen molar-refractivity contribution in [3.8, 4) is 0 Å². The van der Waals surface area contributed by atoms with Gasteiger partial charge >= 0.3 is 0 Å². The highest BCUT2D eigenvalue weighted by molar-refractivity contribution is 4.77. The molecule has 0 aliphatic carbocycles. The summed E-state index contributed by atoms with van der Waals surface area (Å²) in [5.74, 6) is 0. The Balaban J connectivity index is 3.28. The van der Waals surface area contributed by atoms with Gasteiger partial charge in [-0.2, -0.15) is 0 Å². The van der Waals surface area contributed by atoms with E-state index in [4.69, 9.17) is 0 Å². The molecule has 10 heavy (non-hydrogen) atoms. The molecular formula is C8H20N2. The van der Waals surface area contributed by atoms with E-state index in [2.05, 4.69) is 31.4 Å². The van der Waals surface area contributed by atoms with Crippen molar-refractivity contribution in [1.29, 1.82) is 0 Å². The van der Waals surface area contributed by atoms with Gasteiger partial charge in [-0.15, -0.1) is 0 Å². The van der Waals surface area contributed by atoms with Gasteiger partial charge in [-0.05, 0) is 33.9 Å². The first kappa shape index (κ1) is 9.92. The van der Waals surface area contributed by atoms with Gasteiger partial charge in [-0.25, -0.2) is 0 Å². The van der Waals surface area contributed by atoms with Gasteiger partial charge in [-0.1, -0.05) is 6.92 Å². The first-order valence-corrected chi connectivity index (χ1v) is 4.02. The summed E-state index contributed by atoms with van der Waals surface area (Å²) in [6.45, 7) is 8.72. The monoisotopic (exact) mass is 144 g/mol. The highest BCUT2D eigenvalue weighted by atomic mass is 15.0. The molecule has 0 radical (unpaired) electrons. The highest BCUT2D eigenvalue weighted by Crippen LogP contribution is 1.96. The maximum atomic E-state index is 3.36. The first-order chi connectivity index (χ1) is 4.62. The zero-order valence-electron chi connectivity index (χ0n) is 7.62. The predicted molar refractivity (Wildman–Crippen MR) is 46.3 cm³/mol. The third kappa shape index (κ3) is 4.77. The van der Waals surface area contributed by atoms with E-state index in [0.717, 1.165) is 13.1 Å². The van der Waals surface area contributed by atoms with Gasteiger partial charge < -0.3 is 10.6 Å². The lowest BCUT2D eigenvalue weighted by atomic mass is 10.1. The molecule has 0 unspecified atom stereocenters. The van der Waals surface area contributed by atoms with E-state index in [-0.39, 0.29) is 5.54 Å². The van der Waals surface area contributed by atoms with Crippen LogP contribution in [0.3, 0.4) is 0 Å². The third-order valence-electron chi connectivity index (χ3n) is 1.67. The topological polar surface area (TPSA) is 24.1 Å². The van der Waals surface area contributed by atoms with E-state index < -0.39 is 0 Å². The molecule has 0 saturated carbocycles. The minimum Gasteiger partial charge on any atom is -0.315 e.